The smallest absolute Gasteiger partial charge is 0.264 e. The first-order valence-corrected chi connectivity index (χ1v) is 6.88. The summed E-state index contributed by atoms with van der Waals surface area (Å²) >= 11 is 0. The summed E-state index contributed by atoms with van der Waals surface area (Å²) in [7, 11) is 1.74. The quantitative estimate of drug-likeness (QED) is 0.818. The van der Waals surface area contributed by atoms with Gasteiger partial charge < -0.3 is 14.4 Å². The minimum atomic E-state index is -0.102. The Hall–Kier alpha value is -2.49. The molecule has 0 saturated heterocycles. The molecule has 0 atom stereocenters. The summed E-state index contributed by atoms with van der Waals surface area (Å²) < 4.78 is 10.8. The minimum Gasteiger partial charge on any atom is -0.494 e. The number of anilines is 1. The van der Waals surface area contributed by atoms with E-state index in [9.17, 15) is 4.79 Å². The van der Waals surface area contributed by atoms with Gasteiger partial charge in [-0.05, 0) is 43.3 Å². The molecule has 4 nitrogen and oxygen atoms in total. The molecule has 0 aliphatic carbocycles. The molecule has 4 heteroatoms. The van der Waals surface area contributed by atoms with Crippen LogP contribution < -0.4 is 14.4 Å². The van der Waals surface area contributed by atoms with Crippen LogP contribution in [0.15, 0.2) is 54.6 Å². The zero-order chi connectivity index (χ0) is 15.1. The highest BCUT2D eigenvalue weighted by Gasteiger charge is 2.11. The molecule has 0 saturated carbocycles. The van der Waals surface area contributed by atoms with E-state index < -0.39 is 0 Å². The van der Waals surface area contributed by atoms with E-state index in [4.69, 9.17) is 9.47 Å². The second-order valence-electron chi connectivity index (χ2n) is 4.48. The topological polar surface area (TPSA) is 38.8 Å². The van der Waals surface area contributed by atoms with Crippen molar-refractivity contribution >= 4 is 11.6 Å². The van der Waals surface area contributed by atoms with Crippen molar-refractivity contribution in [2.45, 2.75) is 6.92 Å². The molecule has 2 aromatic carbocycles. The Morgan fingerprint density at radius 1 is 0.952 bits per heavy atom. The van der Waals surface area contributed by atoms with Crippen molar-refractivity contribution in [2.24, 2.45) is 0 Å². The maximum absolute atomic E-state index is 12.1. The van der Waals surface area contributed by atoms with Crippen LogP contribution in [0, 0.1) is 0 Å². The maximum Gasteiger partial charge on any atom is 0.264 e. The van der Waals surface area contributed by atoms with Gasteiger partial charge in [0.1, 0.15) is 11.5 Å². The molecule has 0 N–H and O–H groups in total. The lowest BCUT2D eigenvalue weighted by atomic mass is 10.3. The number of ether oxygens (including phenoxy) is 2. The van der Waals surface area contributed by atoms with Crippen molar-refractivity contribution in [1.82, 2.24) is 0 Å². The largest absolute Gasteiger partial charge is 0.494 e. The first-order valence-electron chi connectivity index (χ1n) is 6.88. The molecule has 0 fully saturated rings. The first-order chi connectivity index (χ1) is 10.2. The maximum atomic E-state index is 12.1. The van der Waals surface area contributed by atoms with Gasteiger partial charge in [0.15, 0.2) is 6.61 Å². The van der Waals surface area contributed by atoms with Gasteiger partial charge in [-0.1, -0.05) is 18.2 Å². The number of carbonyl (C=O) groups excluding carboxylic acids is 1. The number of hydrogen-bond acceptors (Lipinski definition) is 3. The number of benzene rings is 2. The molecule has 0 bridgehead atoms. The molecule has 0 unspecified atom stereocenters. The van der Waals surface area contributed by atoms with Gasteiger partial charge in [-0.15, -0.1) is 0 Å². The van der Waals surface area contributed by atoms with Crippen molar-refractivity contribution in [3.05, 3.63) is 54.6 Å². The van der Waals surface area contributed by atoms with E-state index >= 15 is 0 Å². The van der Waals surface area contributed by atoms with Crippen LogP contribution in [-0.4, -0.2) is 26.2 Å². The van der Waals surface area contributed by atoms with Crippen LogP contribution >= 0.6 is 0 Å². The number of para-hydroxylation sites is 1. The summed E-state index contributed by atoms with van der Waals surface area (Å²) in [4.78, 5) is 13.6. The van der Waals surface area contributed by atoms with Crippen molar-refractivity contribution in [3.8, 4) is 11.5 Å². The lowest BCUT2D eigenvalue weighted by Gasteiger charge is -2.17. The Morgan fingerprint density at radius 3 is 2.10 bits per heavy atom. The molecule has 110 valence electrons. The van der Waals surface area contributed by atoms with Crippen molar-refractivity contribution in [2.75, 3.05) is 25.2 Å². The first kappa shape index (κ1) is 14.9. The van der Waals surface area contributed by atoms with Gasteiger partial charge in [0.2, 0.25) is 0 Å². The molecule has 2 aromatic rings. The highest BCUT2D eigenvalue weighted by molar-refractivity contribution is 5.93. The molecule has 0 aliphatic heterocycles. The van der Waals surface area contributed by atoms with Gasteiger partial charge in [-0.25, -0.2) is 0 Å². The van der Waals surface area contributed by atoms with E-state index in [1.165, 1.54) is 0 Å². The third kappa shape index (κ3) is 4.24. The predicted molar refractivity (Wildman–Crippen MR) is 83.0 cm³/mol. The average molecular weight is 285 g/mol. The molecule has 1 amide bonds. The standard InChI is InChI=1S/C17H19NO3/c1-3-20-15-9-11-16(12-10-15)21-13-17(19)18(2)14-7-5-4-6-8-14/h4-12H,3,13H2,1-2H3. The summed E-state index contributed by atoms with van der Waals surface area (Å²) in [5, 5.41) is 0. The fraction of sp³-hybridized carbons (Fsp3) is 0.235. The molecule has 21 heavy (non-hydrogen) atoms. The number of likely N-dealkylation sites (N-methyl/N-ethyl adjacent to an activating group) is 1. The van der Waals surface area contributed by atoms with Crippen LogP contribution in [0.1, 0.15) is 6.92 Å². The monoisotopic (exact) mass is 285 g/mol. The lowest BCUT2D eigenvalue weighted by Crippen LogP contribution is -2.31. The third-order valence-electron chi connectivity index (χ3n) is 3.01. The Morgan fingerprint density at radius 2 is 1.52 bits per heavy atom. The van der Waals surface area contributed by atoms with Gasteiger partial charge in [0, 0.05) is 12.7 Å². The second-order valence-corrected chi connectivity index (χ2v) is 4.48. The Labute approximate surface area is 124 Å². The third-order valence-corrected chi connectivity index (χ3v) is 3.01. The van der Waals surface area contributed by atoms with Gasteiger partial charge in [0.25, 0.3) is 5.91 Å². The molecule has 0 aliphatic rings. The number of hydrogen-bond donors (Lipinski definition) is 0. The molecular weight excluding hydrogens is 266 g/mol. The Kier molecular flexibility index (Phi) is 5.21. The SMILES string of the molecule is CCOc1ccc(OCC(=O)N(C)c2ccccc2)cc1. The molecule has 0 aromatic heterocycles. The van der Waals surface area contributed by atoms with Gasteiger partial charge in [0.05, 0.1) is 6.61 Å². The van der Waals surface area contributed by atoms with Crippen LogP contribution in [0.25, 0.3) is 0 Å². The predicted octanol–water partition coefficient (Wildman–Crippen LogP) is 3.13. The summed E-state index contributed by atoms with van der Waals surface area (Å²) in [6.45, 7) is 2.56. The average Bonchev–Trinajstić information content (AvgIpc) is 2.54. The van der Waals surface area contributed by atoms with Crippen molar-refractivity contribution < 1.29 is 14.3 Å². The van der Waals surface area contributed by atoms with E-state index in [2.05, 4.69) is 0 Å². The summed E-state index contributed by atoms with van der Waals surface area (Å²) in [6.07, 6.45) is 0. The fourth-order valence-corrected chi connectivity index (χ4v) is 1.84. The number of nitrogens with zero attached hydrogens (tertiary/aromatic N) is 1. The van der Waals surface area contributed by atoms with Crippen molar-refractivity contribution in [3.63, 3.8) is 0 Å². The molecule has 0 radical (unpaired) electrons. The normalized spacial score (nSPS) is 10.0. The summed E-state index contributed by atoms with van der Waals surface area (Å²) in [6, 6.07) is 16.7. The molecular formula is C17H19NO3. The van der Waals surface area contributed by atoms with Crippen LogP contribution in [0.5, 0.6) is 11.5 Å². The van der Waals surface area contributed by atoms with Gasteiger partial charge >= 0.3 is 0 Å². The second kappa shape index (κ2) is 7.33. The van der Waals surface area contributed by atoms with Crippen LogP contribution in [0.4, 0.5) is 5.69 Å². The highest BCUT2D eigenvalue weighted by atomic mass is 16.5. The van der Waals surface area contributed by atoms with Gasteiger partial charge in [-0.3, -0.25) is 4.79 Å². The number of carbonyl (C=O) groups is 1. The van der Waals surface area contributed by atoms with E-state index in [0.717, 1.165) is 11.4 Å². The van der Waals surface area contributed by atoms with E-state index in [0.29, 0.717) is 12.4 Å². The number of amides is 1. The van der Waals surface area contributed by atoms with Crippen LogP contribution in [-0.2, 0) is 4.79 Å². The van der Waals surface area contributed by atoms with E-state index in [1.807, 2.05) is 49.4 Å². The summed E-state index contributed by atoms with van der Waals surface area (Å²) in [5.74, 6) is 1.33. The highest BCUT2D eigenvalue weighted by Crippen LogP contribution is 2.18. The molecule has 0 heterocycles. The van der Waals surface area contributed by atoms with Crippen molar-refractivity contribution in [1.29, 1.82) is 0 Å². The van der Waals surface area contributed by atoms with Crippen LogP contribution in [0.2, 0.25) is 0 Å². The summed E-state index contributed by atoms with van der Waals surface area (Å²) in [5.41, 5.74) is 0.845. The minimum absolute atomic E-state index is 0.000619. The Bertz CT molecular complexity index is 566. The zero-order valence-electron chi connectivity index (χ0n) is 12.3. The van der Waals surface area contributed by atoms with Gasteiger partial charge in [-0.2, -0.15) is 0 Å². The zero-order valence-corrected chi connectivity index (χ0v) is 12.3. The Balaban J connectivity index is 1.89. The molecule has 2 rings (SSSR count). The number of rotatable bonds is 6. The lowest BCUT2D eigenvalue weighted by molar-refractivity contribution is -0.120. The fourth-order valence-electron chi connectivity index (χ4n) is 1.84. The van der Waals surface area contributed by atoms with E-state index in [1.54, 1.807) is 24.1 Å². The van der Waals surface area contributed by atoms with Crippen LogP contribution in [0.3, 0.4) is 0 Å². The molecule has 0 spiro atoms. The van der Waals surface area contributed by atoms with E-state index in [-0.39, 0.29) is 12.5 Å².